The minimum Gasteiger partial charge on any atom is -0.475 e. The molecule has 0 aliphatic carbocycles. The van der Waals surface area contributed by atoms with Gasteiger partial charge in [-0.2, -0.15) is 0 Å². The Morgan fingerprint density at radius 2 is 2.00 bits per heavy atom. The van der Waals surface area contributed by atoms with E-state index < -0.39 is 5.97 Å². The standard InChI is InChI=1S/C18H16N2O5/c1-10-7-12(9-21)13-4-2-3-11(17(13)19-10)8-15(22)20-16-6-5-14(25-16)18(23)24/h2-7,21H,8-9H2,1H3,(H,20,22)(H,23,24). The van der Waals surface area contributed by atoms with Crippen LogP contribution in [0.5, 0.6) is 0 Å². The average molecular weight is 340 g/mol. The number of amides is 1. The van der Waals surface area contributed by atoms with Gasteiger partial charge >= 0.3 is 5.97 Å². The second-order valence-electron chi connectivity index (χ2n) is 5.59. The van der Waals surface area contributed by atoms with E-state index in [0.717, 1.165) is 16.6 Å². The Labute approximate surface area is 142 Å². The van der Waals surface area contributed by atoms with Crippen LogP contribution < -0.4 is 5.32 Å². The van der Waals surface area contributed by atoms with Crippen LogP contribution in [0.3, 0.4) is 0 Å². The monoisotopic (exact) mass is 340 g/mol. The van der Waals surface area contributed by atoms with Crippen molar-refractivity contribution < 1.29 is 24.2 Å². The van der Waals surface area contributed by atoms with Crippen LogP contribution in [0.25, 0.3) is 10.9 Å². The first kappa shape index (κ1) is 16.7. The predicted octanol–water partition coefficient (Wildman–Crippen LogP) is 2.51. The number of rotatable bonds is 5. The Morgan fingerprint density at radius 3 is 2.68 bits per heavy atom. The number of carboxylic acid groups (broad SMARTS) is 1. The van der Waals surface area contributed by atoms with E-state index in [-0.39, 0.29) is 30.6 Å². The number of nitrogens with zero attached hydrogens (tertiary/aromatic N) is 1. The number of hydrogen-bond donors (Lipinski definition) is 3. The Bertz CT molecular complexity index is 961. The quantitative estimate of drug-likeness (QED) is 0.658. The maximum Gasteiger partial charge on any atom is 0.371 e. The van der Waals surface area contributed by atoms with Gasteiger partial charge in [0.15, 0.2) is 0 Å². The number of hydrogen-bond acceptors (Lipinski definition) is 5. The summed E-state index contributed by atoms with van der Waals surface area (Å²) in [4.78, 5) is 27.5. The summed E-state index contributed by atoms with van der Waals surface area (Å²) in [5.74, 6) is -1.73. The first-order chi connectivity index (χ1) is 12.0. The summed E-state index contributed by atoms with van der Waals surface area (Å²) in [6.07, 6.45) is 0.0434. The molecule has 0 spiro atoms. The summed E-state index contributed by atoms with van der Waals surface area (Å²) in [6, 6.07) is 9.91. The maximum atomic E-state index is 12.2. The molecule has 1 aromatic carbocycles. The number of pyridine rings is 1. The minimum atomic E-state index is -1.20. The fourth-order valence-electron chi connectivity index (χ4n) is 2.67. The molecule has 25 heavy (non-hydrogen) atoms. The van der Waals surface area contributed by atoms with E-state index in [1.54, 1.807) is 12.1 Å². The molecule has 0 fully saturated rings. The van der Waals surface area contributed by atoms with E-state index in [4.69, 9.17) is 9.52 Å². The second-order valence-corrected chi connectivity index (χ2v) is 5.59. The van der Waals surface area contributed by atoms with Crippen molar-refractivity contribution in [2.24, 2.45) is 0 Å². The van der Waals surface area contributed by atoms with Crippen molar-refractivity contribution in [3.8, 4) is 0 Å². The third-order valence-corrected chi connectivity index (χ3v) is 3.74. The van der Waals surface area contributed by atoms with Crippen molar-refractivity contribution in [2.75, 3.05) is 5.32 Å². The zero-order valence-electron chi connectivity index (χ0n) is 13.4. The average Bonchev–Trinajstić information content (AvgIpc) is 3.03. The lowest BCUT2D eigenvalue weighted by Crippen LogP contribution is -2.14. The minimum absolute atomic E-state index is 0.0434. The van der Waals surface area contributed by atoms with Crippen molar-refractivity contribution in [1.82, 2.24) is 4.98 Å². The highest BCUT2D eigenvalue weighted by molar-refractivity contribution is 5.95. The van der Waals surface area contributed by atoms with Gasteiger partial charge in [-0.1, -0.05) is 18.2 Å². The second kappa shape index (κ2) is 6.74. The molecular weight excluding hydrogens is 324 g/mol. The normalized spacial score (nSPS) is 10.8. The zero-order chi connectivity index (χ0) is 18.0. The molecule has 0 bridgehead atoms. The van der Waals surface area contributed by atoms with Crippen LogP contribution >= 0.6 is 0 Å². The molecule has 7 nitrogen and oxygen atoms in total. The summed E-state index contributed by atoms with van der Waals surface area (Å²) in [6.45, 7) is 1.71. The summed E-state index contributed by atoms with van der Waals surface area (Å²) in [5, 5.41) is 21.7. The fourth-order valence-corrected chi connectivity index (χ4v) is 2.67. The van der Waals surface area contributed by atoms with Crippen LogP contribution in [0.2, 0.25) is 0 Å². The van der Waals surface area contributed by atoms with E-state index >= 15 is 0 Å². The summed E-state index contributed by atoms with van der Waals surface area (Å²) >= 11 is 0. The van der Waals surface area contributed by atoms with E-state index in [2.05, 4.69) is 10.3 Å². The molecule has 0 radical (unpaired) electrons. The number of para-hydroxylation sites is 1. The van der Waals surface area contributed by atoms with Crippen molar-refractivity contribution in [2.45, 2.75) is 20.0 Å². The van der Waals surface area contributed by atoms with Crippen molar-refractivity contribution in [1.29, 1.82) is 0 Å². The number of anilines is 1. The van der Waals surface area contributed by atoms with Gasteiger partial charge < -0.3 is 14.6 Å². The first-order valence-electron chi connectivity index (χ1n) is 7.60. The summed E-state index contributed by atoms with van der Waals surface area (Å²) in [7, 11) is 0. The number of aromatic nitrogens is 1. The Kier molecular flexibility index (Phi) is 4.49. The van der Waals surface area contributed by atoms with Crippen molar-refractivity contribution in [3.05, 3.63) is 59.0 Å². The van der Waals surface area contributed by atoms with Gasteiger partial charge in [0, 0.05) is 17.1 Å². The highest BCUT2D eigenvalue weighted by Gasteiger charge is 2.14. The highest BCUT2D eigenvalue weighted by Crippen LogP contribution is 2.23. The number of aliphatic hydroxyl groups is 1. The Hall–Kier alpha value is -3.19. The number of fused-ring (bicyclic) bond motifs is 1. The third kappa shape index (κ3) is 3.51. The molecule has 3 aromatic rings. The molecule has 2 aromatic heterocycles. The molecule has 0 saturated heterocycles. The largest absolute Gasteiger partial charge is 0.475 e. The van der Waals surface area contributed by atoms with Crippen LogP contribution in [0, 0.1) is 6.92 Å². The SMILES string of the molecule is Cc1cc(CO)c2cccc(CC(=O)Nc3ccc(C(=O)O)o3)c2n1. The highest BCUT2D eigenvalue weighted by atomic mass is 16.4. The Balaban J connectivity index is 1.85. The fraction of sp³-hybridized carbons (Fsp3) is 0.167. The van der Waals surface area contributed by atoms with Crippen LogP contribution in [0.15, 0.2) is 40.8 Å². The number of benzene rings is 1. The molecule has 0 aliphatic heterocycles. The number of carbonyl (C=O) groups excluding carboxylic acids is 1. The van der Waals surface area contributed by atoms with Gasteiger partial charge in [-0.15, -0.1) is 0 Å². The molecule has 0 atom stereocenters. The smallest absolute Gasteiger partial charge is 0.371 e. The van der Waals surface area contributed by atoms with Crippen LogP contribution in [-0.2, 0) is 17.8 Å². The number of carboxylic acids is 1. The van der Waals surface area contributed by atoms with Crippen molar-refractivity contribution in [3.63, 3.8) is 0 Å². The number of aryl methyl sites for hydroxylation is 1. The number of aliphatic hydroxyl groups excluding tert-OH is 1. The van der Waals surface area contributed by atoms with E-state index in [9.17, 15) is 14.7 Å². The molecule has 7 heteroatoms. The molecule has 2 heterocycles. The summed E-state index contributed by atoms with van der Waals surface area (Å²) in [5.41, 5.74) is 2.87. The van der Waals surface area contributed by atoms with Gasteiger partial charge in [-0.3, -0.25) is 15.1 Å². The predicted molar refractivity (Wildman–Crippen MR) is 90.4 cm³/mol. The van der Waals surface area contributed by atoms with Crippen LogP contribution in [-0.4, -0.2) is 27.1 Å². The number of nitrogens with one attached hydrogen (secondary N) is 1. The first-order valence-corrected chi connectivity index (χ1v) is 7.60. The lowest BCUT2D eigenvalue weighted by atomic mass is 10.0. The molecular formula is C18H16N2O5. The summed E-state index contributed by atoms with van der Waals surface area (Å²) < 4.78 is 5.02. The van der Waals surface area contributed by atoms with Gasteiger partial charge in [-0.25, -0.2) is 4.79 Å². The molecule has 3 N–H and O–H groups in total. The Morgan fingerprint density at radius 1 is 1.20 bits per heavy atom. The van der Waals surface area contributed by atoms with Gasteiger partial charge in [0.2, 0.25) is 17.6 Å². The van der Waals surface area contributed by atoms with Gasteiger partial charge in [0.05, 0.1) is 18.5 Å². The molecule has 0 saturated carbocycles. The molecule has 0 unspecified atom stereocenters. The van der Waals surface area contributed by atoms with Crippen LogP contribution in [0.1, 0.15) is 27.4 Å². The number of furan rings is 1. The van der Waals surface area contributed by atoms with Crippen LogP contribution in [0.4, 0.5) is 5.88 Å². The zero-order valence-corrected chi connectivity index (χ0v) is 13.4. The van der Waals surface area contributed by atoms with E-state index in [1.807, 2.05) is 19.1 Å². The van der Waals surface area contributed by atoms with E-state index in [1.165, 1.54) is 12.1 Å². The number of aromatic carboxylic acids is 1. The molecule has 3 rings (SSSR count). The lowest BCUT2D eigenvalue weighted by Gasteiger charge is -2.10. The molecule has 0 aliphatic rings. The third-order valence-electron chi connectivity index (χ3n) is 3.74. The molecule has 1 amide bonds. The van der Waals surface area contributed by atoms with Gasteiger partial charge in [-0.05, 0) is 30.2 Å². The molecule has 128 valence electrons. The van der Waals surface area contributed by atoms with E-state index in [0.29, 0.717) is 11.1 Å². The lowest BCUT2D eigenvalue weighted by molar-refractivity contribution is -0.115. The number of carbonyl (C=O) groups is 2. The topological polar surface area (TPSA) is 113 Å². The van der Waals surface area contributed by atoms with Crippen molar-refractivity contribution >= 4 is 28.7 Å². The maximum absolute atomic E-state index is 12.2. The van der Waals surface area contributed by atoms with Gasteiger partial charge in [0.1, 0.15) is 0 Å². The van der Waals surface area contributed by atoms with Gasteiger partial charge in [0.25, 0.3) is 0 Å².